The summed E-state index contributed by atoms with van der Waals surface area (Å²) >= 11 is 0. The minimum atomic E-state index is 1.00. The van der Waals surface area contributed by atoms with Crippen LogP contribution in [0.5, 0.6) is 0 Å². The van der Waals surface area contributed by atoms with Gasteiger partial charge in [-0.15, -0.1) is 0 Å². The van der Waals surface area contributed by atoms with Crippen molar-refractivity contribution in [3.8, 4) is 0 Å². The highest BCUT2D eigenvalue weighted by molar-refractivity contribution is 4.39. The molecule has 0 bridgehead atoms. The summed E-state index contributed by atoms with van der Waals surface area (Å²) in [5.41, 5.74) is 0. The molecule has 0 heterocycles. The van der Waals surface area contributed by atoms with Crippen LogP contribution in [0.4, 0.5) is 0 Å². The van der Waals surface area contributed by atoms with Crippen molar-refractivity contribution in [3.63, 3.8) is 0 Å². The Morgan fingerprint density at radius 3 is 1.00 bits per heavy atom. The van der Waals surface area contributed by atoms with Crippen molar-refractivity contribution in [2.24, 2.45) is 0 Å². The van der Waals surface area contributed by atoms with Gasteiger partial charge in [-0.2, -0.15) is 0 Å². The van der Waals surface area contributed by atoms with Gasteiger partial charge in [-0.25, -0.2) is 0 Å². The molecule has 0 aromatic heterocycles. The molecule has 0 saturated heterocycles. The SMILES string of the molecule is CCCCCCCC.C[N+](C)(C)C. The fraction of sp³-hybridized carbons (Fsp3) is 1.00. The van der Waals surface area contributed by atoms with Gasteiger partial charge in [0, 0.05) is 0 Å². The van der Waals surface area contributed by atoms with Crippen LogP contribution in [0.2, 0.25) is 0 Å². The lowest BCUT2D eigenvalue weighted by Crippen LogP contribution is -2.27. The van der Waals surface area contributed by atoms with Gasteiger partial charge in [-0.3, -0.25) is 0 Å². The number of hydrogen-bond acceptors (Lipinski definition) is 0. The number of rotatable bonds is 5. The Morgan fingerprint density at radius 2 is 0.846 bits per heavy atom. The first-order chi connectivity index (χ1) is 5.91. The number of hydrogen-bond donors (Lipinski definition) is 0. The van der Waals surface area contributed by atoms with Crippen LogP contribution in [0.25, 0.3) is 0 Å². The van der Waals surface area contributed by atoms with Gasteiger partial charge in [-0.1, -0.05) is 52.4 Å². The van der Waals surface area contributed by atoms with E-state index in [1.54, 1.807) is 0 Å². The van der Waals surface area contributed by atoms with Crippen LogP contribution in [0.15, 0.2) is 0 Å². The van der Waals surface area contributed by atoms with Gasteiger partial charge in [0.05, 0.1) is 28.2 Å². The molecule has 0 aromatic carbocycles. The molecule has 0 amide bonds. The highest BCUT2D eigenvalue weighted by Gasteiger charge is 1.88. The van der Waals surface area contributed by atoms with E-state index in [4.69, 9.17) is 0 Å². The molecule has 0 spiro atoms. The van der Waals surface area contributed by atoms with Gasteiger partial charge >= 0.3 is 0 Å². The lowest BCUT2D eigenvalue weighted by Gasteiger charge is -2.14. The Hall–Kier alpha value is -0.0400. The van der Waals surface area contributed by atoms with Gasteiger partial charge < -0.3 is 4.48 Å². The van der Waals surface area contributed by atoms with Crippen LogP contribution in [0.3, 0.4) is 0 Å². The average molecular weight is 188 g/mol. The summed E-state index contributed by atoms with van der Waals surface area (Å²) in [5, 5.41) is 0. The van der Waals surface area contributed by atoms with Gasteiger partial charge in [-0.05, 0) is 0 Å². The molecule has 0 saturated carbocycles. The zero-order chi connectivity index (χ0) is 10.7. The second kappa shape index (κ2) is 10.0. The van der Waals surface area contributed by atoms with Crippen molar-refractivity contribution in [1.82, 2.24) is 0 Å². The van der Waals surface area contributed by atoms with Crippen molar-refractivity contribution >= 4 is 0 Å². The standard InChI is InChI=1S/C8H18.C4H12N/c1-3-5-7-8-6-4-2;1-5(2,3)4/h3-8H2,1-2H3;1-4H3/q;+1. The molecule has 0 N–H and O–H groups in total. The zero-order valence-corrected chi connectivity index (χ0v) is 10.7. The van der Waals surface area contributed by atoms with Crippen LogP contribution < -0.4 is 0 Å². The normalized spacial score (nSPS) is 10.6. The lowest BCUT2D eigenvalue weighted by molar-refractivity contribution is -0.849. The summed E-state index contributed by atoms with van der Waals surface area (Å²) in [4.78, 5) is 0. The van der Waals surface area contributed by atoms with Gasteiger partial charge in [0.2, 0.25) is 0 Å². The van der Waals surface area contributed by atoms with Crippen LogP contribution in [0.1, 0.15) is 52.4 Å². The third kappa shape index (κ3) is 48.2. The van der Waals surface area contributed by atoms with E-state index in [0.717, 1.165) is 4.48 Å². The van der Waals surface area contributed by atoms with Crippen LogP contribution in [-0.4, -0.2) is 32.7 Å². The maximum atomic E-state index is 2.26. The molecular weight excluding hydrogens is 158 g/mol. The molecule has 0 aromatic rings. The molecule has 0 aliphatic carbocycles. The van der Waals surface area contributed by atoms with Gasteiger partial charge in [0.25, 0.3) is 0 Å². The molecular formula is C12H30N+. The maximum Gasteiger partial charge on any atom is 0.0675 e. The van der Waals surface area contributed by atoms with Crippen molar-refractivity contribution in [2.45, 2.75) is 52.4 Å². The molecule has 13 heavy (non-hydrogen) atoms. The number of nitrogens with zero attached hydrogens (tertiary/aromatic N) is 1. The van der Waals surface area contributed by atoms with Crippen molar-refractivity contribution in [1.29, 1.82) is 0 Å². The van der Waals surface area contributed by atoms with Gasteiger partial charge in [0.15, 0.2) is 0 Å². The Labute approximate surface area is 85.7 Å². The summed E-state index contributed by atoms with van der Waals surface area (Å²) in [6.07, 6.45) is 8.49. The van der Waals surface area contributed by atoms with E-state index in [9.17, 15) is 0 Å². The summed E-state index contributed by atoms with van der Waals surface area (Å²) in [7, 11) is 8.50. The van der Waals surface area contributed by atoms with Crippen molar-refractivity contribution < 1.29 is 4.48 Å². The molecule has 1 heteroatoms. The Kier molecular flexibility index (Phi) is 11.9. The highest BCUT2D eigenvalue weighted by atomic mass is 15.2. The largest absolute Gasteiger partial charge is 0.333 e. The second-order valence-electron chi connectivity index (χ2n) is 5.10. The van der Waals surface area contributed by atoms with E-state index in [-0.39, 0.29) is 0 Å². The fourth-order valence-corrected chi connectivity index (χ4v) is 0.854. The van der Waals surface area contributed by atoms with Gasteiger partial charge in [0.1, 0.15) is 0 Å². The molecule has 0 unspecified atom stereocenters. The second-order valence-corrected chi connectivity index (χ2v) is 5.10. The zero-order valence-electron chi connectivity index (χ0n) is 10.7. The van der Waals surface area contributed by atoms with Crippen molar-refractivity contribution in [2.75, 3.05) is 28.2 Å². The molecule has 0 aliphatic heterocycles. The first kappa shape index (κ1) is 15.4. The molecule has 82 valence electrons. The molecule has 0 fully saturated rings. The van der Waals surface area contributed by atoms with E-state index in [2.05, 4.69) is 42.0 Å². The summed E-state index contributed by atoms with van der Waals surface area (Å²) in [6.45, 7) is 4.51. The minimum Gasteiger partial charge on any atom is -0.333 e. The number of unbranched alkanes of at least 4 members (excludes halogenated alkanes) is 5. The van der Waals surface area contributed by atoms with E-state index in [1.165, 1.54) is 38.5 Å². The predicted molar refractivity (Wildman–Crippen MR) is 63.0 cm³/mol. The van der Waals surface area contributed by atoms with Crippen LogP contribution >= 0.6 is 0 Å². The molecule has 0 radical (unpaired) electrons. The third-order valence-electron chi connectivity index (χ3n) is 1.46. The Bertz CT molecular complexity index is 69.6. The topological polar surface area (TPSA) is 0 Å². The predicted octanol–water partition coefficient (Wildman–Crippen LogP) is 3.69. The Balaban J connectivity index is 0. The summed E-state index contributed by atoms with van der Waals surface area (Å²) in [5.74, 6) is 0. The maximum absolute atomic E-state index is 2.26. The molecule has 0 rings (SSSR count). The molecule has 1 nitrogen and oxygen atoms in total. The quantitative estimate of drug-likeness (QED) is 0.456. The van der Waals surface area contributed by atoms with E-state index in [1.807, 2.05) is 0 Å². The lowest BCUT2D eigenvalue weighted by atomic mass is 10.1. The van der Waals surface area contributed by atoms with Crippen molar-refractivity contribution in [3.05, 3.63) is 0 Å². The molecule has 0 atom stereocenters. The first-order valence-electron chi connectivity index (χ1n) is 5.70. The average Bonchev–Trinajstić information content (AvgIpc) is 1.95. The summed E-state index contributed by atoms with van der Waals surface area (Å²) < 4.78 is 1.00. The van der Waals surface area contributed by atoms with Crippen LogP contribution in [-0.2, 0) is 0 Å². The Morgan fingerprint density at radius 1 is 0.615 bits per heavy atom. The highest BCUT2D eigenvalue weighted by Crippen LogP contribution is 2.03. The minimum absolute atomic E-state index is 1.00. The van der Waals surface area contributed by atoms with Crippen LogP contribution in [0, 0.1) is 0 Å². The van der Waals surface area contributed by atoms with E-state index < -0.39 is 0 Å². The van der Waals surface area contributed by atoms with E-state index in [0.29, 0.717) is 0 Å². The third-order valence-corrected chi connectivity index (χ3v) is 1.46. The van der Waals surface area contributed by atoms with E-state index >= 15 is 0 Å². The monoisotopic (exact) mass is 188 g/mol. The first-order valence-corrected chi connectivity index (χ1v) is 5.70. The number of quaternary nitrogens is 1. The molecule has 0 aliphatic rings. The fourth-order valence-electron chi connectivity index (χ4n) is 0.854. The summed E-state index contributed by atoms with van der Waals surface area (Å²) in [6, 6.07) is 0. The smallest absolute Gasteiger partial charge is 0.0675 e.